The summed E-state index contributed by atoms with van der Waals surface area (Å²) in [4.78, 5) is 23.7. The lowest BCUT2D eigenvalue weighted by molar-refractivity contribution is -0.384. The molecule has 1 amide bonds. The molecule has 0 aliphatic carbocycles. The molecule has 1 aliphatic heterocycles. The molecule has 1 aliphatic rings. The van der Waals surface area contributed by atoms with Gasteiger partial charge in [-0.3, -0.25) is 14.9 Å². The van der Waals surface area contributed by atoms with Gasteiger partial charge in [-0.15, -0.1) is 0 Å². The summed E-state index contributed by atoms with van der Waals surface area (Å²) in [5.41, 5.74) is 0.696. The van der Waals surface area contributed by atoms with E-state index in [-0.39, 0.29) is 41.7 Å². The zero-order valence-electron chi connectivity index (χ0n) is 19.2. The third-order valence-electron chi connectivity index (χ3n) is 5.21. The summed E-state index contributed by atoms with van der Waals surface area (Å²) in [5, 5.41) is 23.6. The minimum atomic E-state index is -0.820. The van der Waals surface area contributed by atoms with Crippen molar-refractivity contribution in [1.82, 2.24) is 0 Å². The number of hydrogen-bond acceptors (Lipinski definition) is 8. The number of nitro groups is 1. The SMILES string of the molecule is COc1ccc(/C=C(\C#N)C(=O)Nc2cc3c(cc2[N+](=O)[O-])OCCO3)cc1OCc1ccccc1. The number of carbonyl (C=O) groups is 1. The van der Waals surface area contributed by atoms with Crippen LogP contribution >= 0.6 is 0 Å². The maximum absolute atomic E-state index is 12.9. The molecule has 182 valence electrons. The second-order valence-electron chi connectivity index (χ2n) is 7.58. The Morgan fingerprint density at radius 1 is 1.11 bits per heavy atom. The number of nitrogens with zero attached hydrogens (tertiary/aromatic N) is 2. The van der Waals surface area contributed by atoms with E-state index in [0.717, 1.165) is 5.56 Å². The molecule has 0 radical (unpaired) electrons. The zero-order chi connectivity index (χ0) is 25.5. The number of rotatable bonds is 8. The van der Waals surface area contributed by atoms with Crippen molar-refractivity contribution in [3.8, 4) is 29.1 Å². The number of anilines is 1. The van der Waals surface area contributed by atoms with E-state index in [2.05, 4.69) is 5.32 Å². The number of nitro benzene ring substituents is 1. The van der Waals surface area contributed by atoms with E-state index in [1.807, 2.05) is 36.4 Å². The molecule has 10 nitrogen and oxygen atoms in total. The van der Waals surface area contributed by atoms with Crippen molar-refractivity contribution < 1.29 is 28.7 Å². The molecule has 36 heavy (non-hydrogen) atoms. The Kier molecular flexibility index (Phi) is 7.31. The van der Waals surface area contributed by atoms with Crippen LogP contribution in [0.25, 0.3) is 6.08 Å². The number of nitriles is 1. The molecule has 0 saturated heterocycles. The lowest BCUT2D eigenvalue weighted by atomic mass is 10.1. The number of ether oxygens (including phenoxy) is 4. The number of amides is 1. The number of carbonyl (C=O) groups excluding carboxylic acids is 1. The first-order valence-electron chi connectivity index (χ1n) is 10.8. The molecular weight excluding hydrogens is 466 g/mol. The second kappa shape index (κ2) is 10.9. The third kappa shape index (κ3) is 5.53. The predicted molar refractivity (Wildman–Crippen MR) is 130 cm³/mol. The Morgan fingerprint density at radius 3 is 2.50 bits per heavy atom. The highest BCUT2D eigenvalue weighted by atomic mass is 16.6. The first-order valence-corrected chi connectivity index (χ1v) is 10.8. The van der Waals surface area contributed by atoms with Crippen LogP contribution in [0.2, 0.25) is 0 Å². The van der Waals surface area contributed by atoms with E-state index in [9.17, 15) is 20.2 Å². The summed E-state index contributed by atoms with van der Waals surface area (Å²) in [6.45, 7) is 0.827. The minimum absolute atomic E-state index is 0.114. The average molecular weight is 487 g/mol. The molecule has 0 spiro atoms. The molecule has 10 heteroatoms. The van der Waals surface area contributed by atoms with Gasteiger partial charge in [-0.05, 0) is 29.3 Å². The monoisotopic (exact) mass is 487 g/mol. The molecule has 0 aromatic heterocycles. The van der Waals surface area contributed by atoms with Crippen LogP contribution in [0.5, 0.6) is 23.0 Å². The van der Waals surface area contributed by atoms with Crippen molar-refractivity contribution in [3.63, 3.8) is 0 Å². The number of hydrogen-bond donors (Lipinski definition) is 1. The van der Waals surface area contributed by atoms with Crippen LogP contribution in [-0.4, -0.2) is 31.2 Å². The molecule has 3 aromatic carbocycles. The van der Waals surface area contributed by atoms with Crippen LogP contribution in [0.4, 0.5) is 11.4 Å². The second-order valence-corrected chi connectivity index (χ2v) is 7.58. The van der Waals surface area contributed by atoms with Gasteiger partial charge in [0, 0.05) is 6.07 Å². The molecule has 0 atom stereocenters. The van der Waals surface area contributed by atoms with Gasteiger partial charge in [0.05, 0.1) is 18.1 Å². The Morgan fingerprint density at radius 2 is 1.83 bits per heavy atom. The molecule has 0 bridgehead atoms. The smallest absolute Gasteiger partial charge is 0.296 e. The Balaban J connectivity index is 1.57. The van der Waals surface area contributed by atoms with Crippen LogP contribution < -0.4 is 24.3 Å². The van der Waals surface area contributed by atoms with Crippen molar-refractivity contribution in [2.45, 2.75) is 6.61 Å². The number of nitrogens with one attached hydrogen (secondary N) is 1. The highest BCUT2D eigenvalue weighted by molar-refractivity contribution is 6.10. The molecule has 1 N–H and O–H groups in total. The molecule has 4 rings (SSSR count). The quantitative estimate of drug-likeness (QED) is 0.213. The van der Waals surface area contributed by atoms with Gasteiger partial charge in [-0.1, -0.05) is 36.4 Å². The maximum atomic E-state index is 12.9. The summed E-state index contributed by atoms with van der Waals surface area (Å²) in [5.74, 6) is 0.566. The molecule has 1 heterocycles. The zero-order valence-corrected chi connectivity index (χ0v) is 19.2. The van der Waals surface area contributed by atoms with E-state index >= 15 is 0 Å². The maximum Gasteiger partial charge on any atom is 0.296 e. The summed E-state index contributed by atoms with van der Waals surface area (Å²) in [7, 11) is 1.51. The highest BCUT2D eigenvalue weighted by Crippen LogP contribution is 2.39. The van der Waals surface area contributed by atoms with Crippen molar-refractivity contribution in [2.24, 2.45) is 0 Å². The van der Waals surface area contributed by atoms with Gasteiger partial charge in [0.25, 0.3) is 11.6 Å². The highest BCUT2D eigenvalue weighted by Gasteiger charge is 2.24. The van der Waals surface area contributed by atoms with Crippen molar-refractivity contribution in [3.05, 3.63) is 87.5 Å². The van der Waals surface area contributed by atoms with E-state index < -0.39 is 10.8 Å². The van der Waals surface area contributed by atoms with Crippen molar-refractivity contribution in [2.75, 3.05) is 25.6 Å². The molecule has 0 saturated carbocycles. The van der Waals surface area contributed by atoms with Gasteiger partial charge in [-0.2, -0.15) is 5.26 Å². The van der Waals surface area contributed by atoms with Gasteiger partial charge in [0.1, 0.15) is 37.2 Å². The fraction of sp³-hybridized carbons (Fsp3) is 0.154. The van der Waals surface area contributed by atoms with Crippen molar-refractivity contribution >= 4 is 23.4 Å². The van der Waals surface area contributed by atoms with Gasteiger partial charge in [0.15, 0.2) is 23.0 Å². The fourth-order valence-corrected chi connectivity index (χ4v) is 3.47. The van der Waals surface area contributed by atoms with Gasteiger partial charge < -0.3 is 24.3 Å². The van der Waals surface area contributed by atoms with E-state index in [0.29, 0.717) is 23.7 Å². The molecule has 0 fully saturated rings. The molecule has 3 aromatic rings. The largest absolute Gasteiger partial charge is 0.493 e. The Labute approximate surface area is 206 Å². The minimum Gasteiger partial charge on any atom is -0.493 e. The Hall–Kier alpha value is -5.04. The van der Waals surface area contributed by atoms with Crippen LogP contribution in [0.1, 0.15) is 11.1 Å². The Bertz CT molecular complexity index is 1360. The summed E-state index contributed by atoms with van der Waals surface area (Å²) < 4.78 is 22.1. The topological polar surface area (TPSA) is 133 Å². The normalized spacial score (nSPS) is 12.3. The standard InChI is InChI=1S/C26H21N3O7/c1-33-22-8-7-18(12-23(22)36-16-17-5-3-2-4-6-17)11-19(15-27)26(30)28-20-13-24-25(35-10-9-34-24)14-21(20)29(31)32/h2-8,11-14H,9-10,16H2,1H3,(H,28,30)/b19-11+. The van der Waals surface area contributed by atoms with Gasteiger partial charge in [-0.25, -0.2) is 0 Å². The summed E-state index contributed by atoms with van der Waals surface area (Å²) >= 11 is 0. The lowest BCUT2D eigenvalue weighted by Gasteiger charge is -2.19. The van der Waals surface area contributed by atoms with Crippen LogP contribution in [0, 0.1) is 21.4 Å². The average Bonchev–Trinajstić information content (AvgIpc) is 2.90. The first-order chi connectivity index (χ1) is 17.5. The third-order valence-corrected chi connectivity index (χ3v) is 5.21. The van der Waals surface area contributed by atoms with E-state index in [4.69, 9.17) is 18.9 Å². The fourth-order valence-electron chi connectivity index (χ4n) is 3.47. The van der Waals surface area contributed by atoms with Gasteiger partial charge in [0.2, 0.25) is 0 Å². The number of benzene rings is 3. The summed E-state index contributed by atoms with van der Waals surface area (Å²) in [6.07, 6.45) is 1.36. The van der Waals surface area contributed by atoms with E-state index in [1.54, 1.807) is 18.2 Å². The lowest BCUT2D eigenvalue weighted by Crippen LogP contribution is -2.18. The molecular formula is C26H21N3O7. The van der Waals surface area contributed by atoms with Crippen molar-refractivity contribution in [1.29, 1.82) is 5.26 Å². The van der Waals surface area contributed by atoms with Crippen LogP contribution in [-0.2, 0) is 11.4 Å². The van der Waals surface area contributed by atoms with Crippen LogP contribution in [0.15, 0.2) is 66.2 Å². The summed E-state index contributed by atoms with van der Waals surface area (Å²) in [6, 6.07) is 18.8. The molecule has 0 unspecified atom stereocenters. The number of fused-ring (bicyclic) bond motifs is 1. The number of methoxy groups -OCH3 is 1. The van der Waals surface area contributed by atoms with Gasteiger partial charge >= 0.3 is 0 Å². The first kappa shape index (κ1) is 24.1. The predicted octanol–water partition coefficient (Wildman–Crippen LogP) is 4.50. The van der Waals surface area contributed by atoms with Crippen LogP contribution in [0.3, 0.4) is 0 Å². The van der Waals surface area contributed by atoms with E-state index in [1.165, 1.54) is 25.3 Å².